The lowest BCUT2D eigenvalue weighted by Gasteiger charge is -2.42. The van der Waals surface area contributed by atoms with Gasteiger partial charge in [0.2, 0.25) is 0 Å². The van der Waals surface area contributed by atoms with Gasteiger partial charge in [-0.1, -0.05) is 97.1 Å². The van der Waals surface area contributed by atoms with Gasteiger partial charge in [-0.15, -0.1) is 0 Å². The summed E-state index contributed by atoms with van der Waals surface area (Å²) < 4.78 is 5.37. The fraction of sp³-hybridized carbons (Fsp3) is 0.194. The van der Waals surface area contributed by atoms with Crippen molar-refractivity contribution >= 4 is 5.78 Å². The van der Waals surface area contributed by atoms with E-state index < -0.39 is 29.0 Å². The van der Waals surface area contributed by atoms with Crippen molar-refractivity contribution in [2.45, 2.75) is 23.0 Å². The first-order chi connectivity index (χ1) is 17.0. The number of carbonyl (C=O) groups is 1. The number of hydrogen-bond acceptors (Lipinski definition) is 4. The number of ketones is 1. The van der Waals surface area contributed by atoms with Crippen LogP contribution in [0.5, 0.6) is 5.75 Å². The standard InChI is InChI=1S/C31H26O4/c1-35-23-18-16-20(17-19-23)26-27(21-10-4-2-5-11-21)30(33,22-12-6-3-7-13-22)31(34)25-15-9-8-14-24(25)29(32)28(26)31/h2-19,26-28,33-34H,1H3/t26-,27+,28-,30+,31+/m0/s1. The van der Waals surface area contributed by atoms with Gasteiger partial charge in [-0.2, -0.15) is 0 Å². The van der Waals surface area contributed by atoms with E-state index in [1.54, 1.807) is 25.3 Å². The highest BCUT2D eigenvalue weighted by atomic mass is 16.5. The van der Waals surface area contributed by atoms with E-state index in [1.165, 1.54) is 0 Å². The highest BCUT2D eigenvalue weighted by Crippen LogP contribution is 2.70. The molecule has 0 bridgehead atoms. The third-order valence-corrected chi connectivity index (χ3v) is 7.96. The molecule has 0 heterocycles. The molecule has 1 saturated carbocycles. The zero-order chi connectivity index (χ0) is 24.2. The number of rotatable bonds is 4. The summed E-state index contributed by atoms with van der Waals surface area (Å²) in [6.07, 6.45) is 0. The van der Waals surface area contributed by atoms with Crippen LogP contribution < -0.4 is 4.74 Å². The van der Waals surface area contributed by atoms with Gasteiger partial charge in [-0.05, 0) is 34.4 Å². The Balaban J connectivity index is 1.70. The van der Waals surface area contributed by atoms with E-state index >= 15 is 0 Å². The van der Waals surface area contributed by atoms with E-state index in [2.05, 4.69) is 0 Å². The van der Waals surface area contributed by atoms with Gasteiger partial charge < -0.3 is 14.9 Å². The highest BCUT2D eigenvalue weighted by molar-refractivity contribution is 6.05. The lowest BCUT2D eigenvalue weighted by molar-refractivity contribution is -0.159. The lowest BCUT2D eigenvalue weighted by Crippen LogP contribution is -2.49. The summed E-state index contributed by atoms with van der Waals surface area (Å²) in [7, 11) is 1.61. The largest absolute Gasteiger partial charge is 0.497 e. The molecule has 2 N–H and O–H groups in total. The second kappa shape index (κ2) is 7.91. The summed E-state index contributed by atoms with van der Waals surface area (Å²) in [6.45, 7) is 0. The quantitative estimate of drug-likeness (QED) is 0.439. The predicted octanol–water partition coefficient (Wildman–Crippen LogP) is 5.16. The second-order valence-corrected chi connectivity index (χ2v) is 9.47. The zero-order valence-corrected chi connectivity index (χ0v) is 19.3. The van der Waals surface area contributed by atoms with Crippen LogP contribution in [0.15, 0.2) is 109 Å². The Hall–Kier alpha value is -3.73. The second-order valence-electron chi connectivity index (χ2n) is 9.47. The van der Waals surface area contributed by atoms with Crippen LogP contribution in [0.2, 0.25) is 0 Å². The first-order valence-electron chi connectivity index (χ1n) is 11.8. The third-order valence-electron chi connectivity index (χ3n) is 7.96. The molecule has 4 nitrogen and oxygen atoms in total. The molecule has 6 rings (SSSR count). The van der Waals surface area contributed by atoms with Gasteiger partial charge in [-0.25, -0.2) is 0 Å². The van der Waals surface area contributed by atoms with Crippen LogP contribution in [0.25, 0.3) is 0 Å². The maximum Gasteiger partial charge on any atom is 0.170 e. The van der Waals surface area contributed by atoms with Crippen molar-refractivity contribution in [2.24, 2.45) is 5.92 Å². The van der Waals surface area contributed by atoms with Crippen LogP contribution in [0, 0.1) is 5.92 Å². The van der Waals surface area contributed by atoms with E-state index in [0.29, 0.717) is 22.4 Å². The summed E-state index contributed by atoms with van der Waals surface area (Å²) in [6, 6.07) is 33.8. The minimum absolute atomic E-state index is 0.142. The molecule has 4 aromatic rings. The molecule has 0 amide bonds. The van der Waals surface area contributed by atoms with Crippen molar-refractivity contribution < 1.29 is 19.7 Å². The van der Waals surface area contributed by atoms with Crippen molar-refractivity contribution in [2.75, 3.05) is 7.11 Å². The molecule has 2 aliphatic rings. The minimum Gasteiger partial charge on any atom is -0.497 e. The number of benzene rings is 4. The molecule has 0 radical (unpaired) electrons. The molecule has 0 aromatic heterocycles. The molecule has 174 valence electrons. The van der Waals surface area contributed by atoms with Gasteiger partial charge in [-0.3, -0.25) is 4.79 Å². The predicted molar refractivity (Wildman–Crippen MR) is 133 cm³/mol. The zero-order valence-electron chi connectivity index (χ0n) is 19.3. The molecule has 0 unspecified atom stereocenters. The molecule has 0 aliphatic heterocycles. The average molecular weight is 463 g/mol. The van der Waals surface area contributed by atoms with Gasteiger partial charge >= 0.3 is 0 Å². The van der Waals surface area contributed by atoms with Crippen molar-refractivity contribution in [3.8, 4) is 5.75 Å². The van der Waals surface area contributed by atoms with E-state index in [1.807, 2.05) is 91.0 Å². The number of aliphatic hydroxyl groups is 2. The molecule has 0 spiro atoms. The first-order valence-corrected chi connectivity index (χ1v) is 11.8. The van der Waals surface area contributed by atoms with Gasteiger partial charge in [0.15, 0.2) is 5.78 Å². The molecule has 2 aliphatic carbocycles. The first kappa shape index (κ1) is 21.8. The van der Waals surface area contributed by atoms with Gasteiger partial charge in [0, 0.05) is 17.4 Å². The van der Waals surface area contributed by atoms with Gasteiger partial charge in [0.05, 0.1) is 13.0 Å². The number of fused-ring (bicyclic) bond motifs is 3. The molecule has 5 atom stereocenters. The fourth-order valence-electron chi connectivity index (χ4n) is 6.52. The van der Waals surface area contributed by atoms with E-state index in [0.717, 1.165) is 11.1 Å². The van der Waals surface area contributed by atoms with Crippen molar-refractivity contribution in [3.63, 3.8) is 0 Å². The van der Waals surface area contributed by atoms with E-state index in [9.17, 15) is 15.0 Å². The normalized spacial score (nSPS) is 29.0. The Kier molecular flexibility index (Phi) is 4.92. The lowest BCUT2D eigenvalue weighted by atomic mass is 9.69. The Morgan fingerprint density at radius 1 is 0.657 bits per heavy atom. The molecule has 35 heavy (non-hydrogen) atoms. The monoisotopic (exact) mass is 462 g/mol. The number of Topliss-reactive ketones (excluding diaryl/α,β-unsaturated/α-hetero) is 1. The summed E-state index contributed by atoms with van der Waals surface area (Å²) in [5, 5.41) is 25.6. The molecule has 1 fully saturated rings. The maximum absolute atomic E-state index is 14.0. The number of ether oxygens (including phenoxy) is 1. The summed E-state index contributed by atoms with van der Waals surface area (Å²) in [5.41, 5.74) is -0.288. The smallest absolute Gasteiger partial charge is 0.170 e. The van der Waals surface area contributed by atoms with Crippen LogP contribution in [0.4, 0.5) is 0 Å². The highest BCUT2D eigenvalue weighted by Gasteiger charge is 2.75. The topological polar surface area (TPSA) is 66.8 Å². The van der Waals surface area contributed by atoms with Gasteiger partial charge in [0.1, 0.15) is 17.0 Å². The summed E-state index contributed by atoms with van der Waals surface area (Å²) >= 11 is 0. The summed E-state index contributed by atoms with van der Waals surface area (Å²) in [5.74, 6) is -1.34. The molecular weight excluding hydrogens is 436 g/mol. The van der Waals surface area contributed by atoms with Crippen LogP contribution in [0.1, 0.15) is 44.4 Å². The number of carbonyl (C=O) groups excluding carboxylic acids is 1. The van der Waals surface area contributed by atoms with Crippen molar-refractivity contribution in [3.05, 3.63) is 137 Å². The van der Waals surface area contributed by atoms with Crippen molar-refractivity contribution in [1.29, 1.82) is 0 Å². The average Bonchev–Trinajstić information content (AvgIpc) is 3.28. The summed E-state index contributed by atoms with van der Waals surface area (Å²) in [4.78, 5) is 14.0. The van der Waals surface area contributed by atoms with Crippen LogP contribution in [0.3, 0.4) is 0 Å². The number of hydrogen-bond donors (Lipinski definition) is 2. The van der Waals surface area contributed by atoms with E-state index in [-0.39, 0.29) is 5.78 Å². The maximum atomic E-state index is 14.0. The Morgan fingerprint density at radius 2 is 1.26 bits per heavy atom. The van der Waals surface area contributed by atoms with Gasteiger partial charge in [0.25, 0.3) is 0 Å². The van der Waals surface area contributed by atoms with E-state index in [4.69, 9.17) is 4.74 Å². The third kappa shape index (κ3) is 2.84. The Morgan fingerprint density at radius 3 is 1.91 bits per heavy atom. The SMILES string of the molecule is COc1ccc([C@@H]2[C@H]3C(=O)c4ccccc4[C@]3(O)[C@@](O)(c3ccccc3)[C@@H]2c2ccccc2)cc1. The minimum atomic E-state index is -1.81. The fourth-order valence-corrected chi connectivity index (χ4v) is 6.52. The number of methoxy groups -OCH3 is 1. The van der Waals surface area contributed by atoms with Crippen molar-refractivity contribution in [1.82, 2.24) is 0 Å². The van der Waals surface area contributed by atoms with Crippen LogP contribution in [-0.2, 0) is 11.2 Å². The molecular formula is C31H26O4. The molecule has 4 aromatic carbocycles. The Labute approximate surface area is 204 Å². The van der Waals surface area contributed by atoms with Crippen LogP contribution in [-0.4, -0.2) is 23.1 Å². The Bertz CT molecular complexity index is 1380. The molecule has 0 saturated heterocycles. The molecule has 4 heteroatoms. The van der Waals surface area contributed by atoms with Crippen LogP contribution >= 0.6 is 0 Å².